The smallest absolute Gasteiger partial charge is 0.164 e. The largest absolute Gasteiger partial charge is 0.247 e. The van der Waals surface area contributed by atoms with Crippen molar-refractivity contribution in [3.63, 3.8) is 0 Å². The van der Waals surface area contributed by atoms with Crippen LogP contribution in [0, 0.1) is 0 Å². The Morgan fingerprint density at radius 3 is 1.75 bits per heavy atom. The molecule has 0 aliphatic rings. The molecule has 6 heteroatoms. The molecule has 0 aliphatic carbocycles. The van der Waals surface area contributed by atoms with Gasteiger partial charge in [-0.15, -0.1) is 22.7 Å². The van der Waals surface area contributed by atoms with Gasteiger partial charge in [-0.3, -0.25) is 0 Å². The van der Waals surface area contributed by atoms with Gasteiger partial charge in [0.05, 0.1) is 11.2 Å². The zero-order chi connectivity index (χ0) is 41.9. The first-order chi connectivity index (χ1) is 31.7. The fourth-order valence-corrected chi connectivity index (χ4v) is 12.2. The average Bonchev–Trinajstić information content (AvgIpc) is 3.93. The van der Waals surface area contributed by atoms with E-state index in [2.05, 4.69) is 194 Å². The Labute approximate surface area is 374 Å². The van der Waals surface area contributed by atoms with Gasteiger partial charge in [0.2, 0.25) is 0 Å². The van der Waals surface area contributed by atoms with E-state index in [4.69, 9.17) is 19.9 Å². The van der Waals surface area contributed by atoms with E-state index in [1.807, 2.05) is 11.3 Å². The van der Waals surface area contributed by atoms with Crippen molar-refractivity contribution in [1.82, 2.24) is 19.9 Å². The highest BCUT2D eigenvalue weighted by Crippen LogP contribution is 2.46. The van der Waals surface area contributed by atoms with E-state index >= 15 is 0 Å². The first-order valence-electron chi connectivity index (χ1n) is 21.5. The highest BCUT2D eigenvalue weighted by atomic mass is 32.1. The van der Waals surface area contributed by atoms with Crippen molar-refractivity contribution in [2.45, 2.75) is 0 Å². The van der Waals surface area contributed by atoms with Crippen molar-refractivity contribution >= 4 is 117 Å². The van der Waals surface area contributed by atoms with Crippen LogP contribution in [0.3, 0.4) is 0 Å². The van der Waals surface area contributed by atoms with E-state index < -0.39 is 0 Å². The number of thiophene rings is 2. The SMILES string of the molecule is c1ccc2c(-c3nc(-c4ccc5c(c4)sc4ccccc45)nc(-c4ccc5sc6ccc7c(-c8cc9ccccc9c9ccccc89)nc8ccccc8c7c6c5c4)n3)cccc2c1. The molecule has 0 bridgehead atoms. The molecule has 0 radical (unpaired) electrons. The molecule has 0 aliphatic heterocycles. The third-order valence-corrected chi connectivity index (χ3v) is 15.2. The van der Waals surface area contributed by atoms with E-state index in [1.54, 1.807) is 11.3 Å². The Kier molecular flexibility index (Phi) is 7.69. The second-order valence-corrected chi connectivity index (χ2v) is 18.7. The normalized spacial score (nSPS) is 12.1. The molecule has 10 aromatic carbocycles. The van der Waals surface area contributed by atoms with E-state index in [9.17, 15) is 0 Å². The van der Waals surface area contributed by atoms with Crippen molar-refractivity contribution in [2.75, 3.05) is 0 Å². The maximum Gasteiger partial charge on any atom is 0.164 e. The molecule has 4 heterocycles. The molecular formula is C58H32N4S2. The number of hydrogen-bond donors (Lipinski definition) is 0. The average molecular weight is 849 g/mol. The van der Waals surface area contributed by atoms with Gasteiger partial charge in [-0.2, -0.15) is 0 Å². The van der Waals surface area contributed by atoms with Gasteiger partial charge in [0.1, 0.15) is 0 Å². The van der Waals surface area contributed by atoms with Crippen molar-refractivity contribution in [3.05, 3.63) is 194 Å². The van der Waals surface area contributed by atoms with Gasteiger partial charge < -0.3 is 0 Å². The van der Waals surface area contributed by atoms with Crippen LogP contribution in [0.2, 0.25) is 0 Å². The van der Waals surface area contributed by atoms with E-state index in [0.717, 1.165) is 55.0 Å². The van der Waals surface area contributed by atoms with Crippen LogP contribution >= 0.6 is 22.7 Å². The zero-order valence-corrected chi connectivity index (χ0v) is 35.7. The summed E-state index contributed by atoms with van der Waals surface area (Å²) >= 11 is 3.63. The molecule has 0 atom stereocenters. The molecule has 0 saturated carbocycles. The summed E-state index contributed by atoms with van der Waals surface area (Å²) in [4.78, 5) is 21.3. The Hall–Kier alpha value is -7.90. The quantitative estimate of drug-likeness (QED) is 0.166. The molecule has 0 saturated heterocycles. The number of hydrogen-bond acceptors (Lipinski definition) is 6. The summed E-state index contributed by atoms with van der Waals surface area (Å²) in [7, 11) is 0. The Morgan fingerprint density at radius 1 is 0.281 bits per heavy atom. The summed E-state index contributed by atoms with van der Waals surface area (Å²) in [6, 6.07) is 69.7. The minimum absolute atomic E-state index is 0.640. The summed E-state index contributed by atoms with van der Waals surface area (Å²) in [5, 5.41) is 15.5. The minimum Gasteiger partial charge on any atom is -0.247 e. The monoisotopic (exact) mass is 848 g/mol. The predicted molar refractivity (Wildman–Crippen MR) is 273 cm³/mol. The third kappa shape index (κ3) is 5.40. The lowest BCUT2D eigenvalue weighted by molar-refractivity contribution is 1.08. The second kappa shape index (κ2) is 13.8. The van der Waals surface area contributed by atoms with Gasteiger partial charge in [0, 0.05) is 78.8 Å². The summed E-state index contributed by atoms with van der Waals surface area (Å²) in [6.45, 7) is 0. The molecule has 14 aromatic rings. The predicted octanol–water partition coefficient (Wildman–Crippen LogP) is 16.4. The van der Waals surface area contributed by atoms with Gasteiger partial charge in [-0.25, -0.2) is 19.9 Å². The van der Waals surface area contributed by atoms with Crippen LogP contribution in [-0.4, -0.2) is 19.9 Å². The number of benzene rings is 10. The summed E-state index contributed by atoms with van der Waals surface area (Å²) in [5.41, 5.74) is 5.98. The molecule has 0 unspecified atom stereocenters. The Bertz CT molecular complexity index is 4270. The maximum atomic E-state index is 5.47. The molecule has 0 N–H and O–H groups in total. The molecule has 0 spiro atoms. The molecule has 14 rings (SSSR count). The Morgan fingerprint density at radius 2 is 0.875 bits per heavy atom. The highest BCUT2D eigenvalue weighted by molar-refractivity contribution is 7.26. The van der Waals surface area contributed by atoms with Crippen LogP contribution < -0.4 is 0 Å². The van der Waals surface area contributed by atoms with Crippen molar-refractivity contribution < 1.29 is 0 Å². The van der Waals surface area contributed by atoms with Gasteiger partial charge >= 0.3 is 0 Å². The van der Waals surface area contributed by atoms with Crippen LogP contribution in [0.5, 0.6) is 0 Å². The number of nitrogens with zero attached hydrogens (tertiary/aromatic N) is 4. The van der Waals surface area contributed by atoms with E-state index in [1.165, 1.54) is 67.3 Å². The van der Waals surface area contributed by atoms with Crippen LogP contribution in [0.25, 0.3) is 140 Å². The lowest BCUT2D eigenvalue weighted by Gasteiger charge is -2.15. The first-order valence-corrected chi connectivity index (χ1v) is 23.1. The molecule has 0 amide bonds. The molecule has 0 fully saturated rings. The molecule has 4 nitrogen and oxygen atoms in total. The van der Waals surface area contributed by atoms with Crippen molar-refractivity contribution in [2.24, 2.45) is 0 Å². The summed E-state index contributed by atoms with van der Waals surface area (Å²) in [5.74, 6) is 1.94. The van der Waals surface area contributed by atoms with Crippen molar-refractivity contribution in [1.29, 1.82) is 0 Å². The number of pyridine rings is 1. The van der Waals surface area contributed by atoms with Crippen LogP contribution in [-0.2, 0) is 0 Å². The number of rotatable bonds is 4. The number of fused-ring (bicyclic) bond motifs is 14. The summed E-state index contributed by atoms with van der Waals surface area (Å²) < 4.78 is 4.93. The van der Waals surface area contributed by atoms with Gasteiger partial charge in [0.15, 0.2) is 17.5 Å². The third-order valence-electron chi connectivity index (χ3n) is 12.9. The van der Waals surface area contributed by atoms with Gasteiger partial charge in [-0.1, -0.05) is 146 Å². The molecular weight excluding hydrogens is 817 g/mol. The minimum atomic E-state index is 0.640. The molecule has 4 aromatic heterocycles. The van der Waals surface area contributed by atoms with Crippen LogP contribution in [0.15, 0.2) is 194 Å². The zero-order valence-electron chi connectivity index (χ0n) is 34.1. The second-order valence-electron chi connectivity index (χ2n) is 16.5. The standard InChI is InChI=1S/C58H32N4S2/c1-3-15-37-33(12-1)14-11-21-43(37)58-61-56(60-57(62-58)36-24-26-42-41-19-8-10-23-49(41)64-52(42)32-36)35-25-28-50-47(31-35)54-51(63-50)29-27-45-53(54)44-20-7-9-22-48(44)59-55(45)46-30-34-13-2-4-16-38(34)39-17-5-6-18-40(39)46/h1-32H. The first kappa shape index (κ1) is 35.7. The van der Waals surface area contributed by atoms with Crippen LogP contribution in [0.1, 0.15) is 0 Å². The lowest BCUT2D eigenvalue weighted by atomic mass is 9.91. The fourth-order valence-electron chi connectivity index (χ4n) is 9.94. The maximum absolute atomic E-state index is 5.47. The summed E-state index contributed by atoms with van der Waals surface area (Å²) in [6.07, 6.45) is 0. The van der Waals surface area contributed by atoms with Crippen molar-refractivity contribution in [3.8, 4) is 45.4 Å². The number of para-hydroxylation sites is 1. The number of aromatic nitrogens is 4. The Balaban J connectivity index is 1.02. The van der Waals surface area contributed by atoms with Crippen LogP contribution in [0.4, 0.5) is 0 Å². The molecule has 64 heavy (non-hydrogen) atoms. The van der Waals surface area contributed by atoms with Gasteiger partial charge in [0.25, 0.3) is 0 Å². The fraction of sp³-hybridized carbons (Fsp3) is 0. The molecule has 296 valence electrons. The highest BCUT2D eigenvalue weighted by Gasteiger charge is 2.21. The van der Waals surface area contributed by atoms with E-state index in [-0.39, 0.29) is 0 Å². The van der Waals surface area contributed by atoms with Gasteiger partial charge in [-0.05, 0) is 80.8 Å². The van der Waals surface area contributed by atoms with E-state index in [0.29, 0.717) is 17.5 Å². The lowest BCUT2D eigenvalue weighted by Crippen LogP contribution is -2.00. The topological polar surface area (TPSA) is 51.6 Å².